The van der Waals surface area contributed by atoms with Crippen LogP contribution in [0.2, 0.25) is 0 Å². The molecule has 6 atom stereocenters. The van der Waals surface area contributed by atoms with Gasteiger partial charge in [-0.15, -0.1) is 0 Å². The van der Waals surface area contributed by atoms with E-state index in [1.54, 1.807) is 6.92 Å². The number of aliphatic carboxylic acids is 1. The number of carboxylic acid groups (broad SMARTS) is 1. The number of alkyl halides is 2. The third-order valence-corrected chi connectivity index (χ3v) is 5.04. The highest BCUT2D eigenvalue weighted by atomic mass is 127. The predicted molar refractivity (Wildman–Crippen MR) is 100.0 cm³/mol. The van der Waals surface area contributed by atoms with Crippen LogP contribution in [-0.2, 0) is 23.8 Å². The van der Waals surface area contributed by atoms with Crippen LogP contribution in [0.25, 0.3) is 0 Å². The minimum atomic E-state index is -2.53. The number of fused-ring (bicyclic) bond motifs is 1. The molecule has 0 bridgehead atoms. The van der Waals surface area contributed by atoms with E-state index < -0.39 is 51.3 Å². The van der Waals surface area contributed by atoms with E-state index >= 15 is 4.39 Å². The standard InChI is InChI=1S/C17H21FINO7/c1-4-6-25-14(23)16(18)10-8-11(27-9(3)19)17(12(10)16,13(21)22)20-15(24)26-7-5-2/h4-5,9-12H,1-2,6-8H2,3H3,(H,20,24)(H,21,22)/t9?,10-,11-,12+,16-,17+/m1/s1. The van der Waals surface area contributed by atoms with Gasteiger partial charge in [-0.3, -0.25) is 0 Å². The van der Waals surface area contributed by atoms with Gasteiger partial charge < -0.3 is 24.6 Å². The molecule has 1 unspecified atom stereocenters. The maximum absolute atomic E-state index is 15.4. The molecule has 0 aromatic rings. The summed E-state index contributed by atoms with van der Waals surface area (Å²) in [4.78, 5) is 36.4. The Bertz CT molecular complexity index is 657. The van der Waals surface area contributed by atoms with Crippen molar-refractivity contribution >= 4 is 40.6 Å². The van der Waals surface area contributed by atoms with Crippen LogP contribution >= 0.6 is 22.6 Å². The zero-order valence-corrected chi connectivity index (χ0v) is 16.8. The second-order valence-electron chi connectivity index (χ2n) is 6.33. The molecular weight excluding hydrogens is 476 g/mol. The molecule has 8 nitrogen and oxygen atoms in total. The van der Waals surface area contributed by atoms with E-state index in [4.69, 9.17) is 14.2 Å². The number of ether oxygens (including phenoxy) is 3. The Hall–Kier alpha value is -1.69. The zero-order chi connectivity index (χ0) is 20.4. The molecule has 2 rings (SSSR count). The third-order valence-electron chi connectivity index (χ3n) is 4.74. The van der Waals surface area contributed by atoms with Gasteiger partial charge in [0.25, 0.3) is 0 Å². The van der Waals surface area contributed by atoms with Crippen molar-refractivity contribution < 1.29 is 38.1 Å². The van der Waals surface area contributed by atoms with Crippen molar-refractivity contribution in [3.63, 3.8) is 0 Å². The summed E-state index contributed by atoms with van der Waals surface area (Å²) < 4.78 is 30.2. The lowest BCUT2D eigenvalue weighted by molar-refractivity contribution is -0.160. The van der Waals surface area contributed by atoms with Gasteiger partial charge in [0.05, 0.1) is 6.10 Å². The van der Waals surface area contributed by atoms with Gasteiger partial charge in [0.1, 0.15) is 17.3 Å². The fraction of sp³-hybridized carbons (Fsp3) is 0.588. The summed E-state index contributed by atoms with van der Waals surface area (Å²) in [6, 6.07) is 0. The van der Waals surface area contributed by atoms with Crippen molar-refractivity contribution in [2.24, 2.45) is 11.8 Å². The molecule has 2 aliphatic carbocycles. The molecule has 0 heterocycles. The number of carbonyl (C=O) groups is 3. The smallest absolute Gasteiger partial charge is 0.408 e. The third kappa shape index (κ3) is 3.68. The highest BCUT2D eigenvalue weighted by Gasteiger charge is 2.87. The van der Waals surface area contributed by atoms with Crippen LogP contribution in [0.1, 0.15) is 13.3 Å². The van der Waals surface area contributed by atoms with Crippen molar-refractivity contribution in [3.8, 4) is 0 Å². The minimum Gasteiger partial charge on any atom is -0.479 e. The number of carboxylic acids is 1. The van der Waals surface area contributed by atoms with Crippen LogP contribution in [0.5, 0.6) is 0 Å². The van der Waals surface area contributed by atoms with Gasteiger partial charge in [0.15, 0.2) is 5.54 Å². The summed E-state index contributed by atoms with van der Waals surface area (Å²) in [6.07, 6.45) is 0.407. The molecule has 2 N–H and O–H groups in total. The summed E-state index contributed by atoms with van der Waals surface area (Å²) in [5.74, 6) is -4.98. The molecule has 150 valence electrons. The Morgan fingerprint density at radius 3 is 2.44 bits per heavy atom. The van der Waals surface area contributed by atoms with Crippen molar-refractivity contribution in [1.29, 1.82) is 0 Å². The van der Waals surface area contributed by atoms with E-state index in [1.807, 2.05) is 22.6 Å². The van der Waals surface area contributed by atoms with Gasteiger partial charge in [-0.2, -0.15) is 0 Å². The average molecular weight is 497 g/mol. The van der Waals surface area contributed by atoms with Crippen molar-refractivity contribution in [2.45, 2.75) is 34.8 Å². The summed E-state index contributed by atoms with van der Waals surface area (Å²) in [5, 5.41) is 12.1. The number of carbonyl (C=O) groups excluding carboxylic acids is 2. The highest BCUT2D eigenvalue weighted by molar-refractivity contribution is 14.1. The quantitative estimate of drug-likeness (QED) is 0.217. The molecule has 0 aromatic carbocycles. The van der Waals surface area contributed by atoms with E-state index in [-0.39, 0.29) is 19.6 Å². The zero-order valence-electron chi connectivity index (χ0n) is 14.7. The number of amides is 1. The van der Waals surface area contributed by atoms with Crippen LogP contribution in [0.3, 0.4) is 0 Å². The van der Waals surface area contributed by atoms with E-state index in [9.17, 15) is 19.5 Å². The normalized spacial score (nSPS) is 34.7. The first-order valence-electron chi connectivity index (χ1n) is 8.22. The summed E-state index contributed by atoms with van der Waals surface area (Å²) >= 11 is 1.92. The van der Waals surface area contributed by atoms with Crippen LogP contribution in [0, 0.1) is 11.8 Å². The van der Waals surface area contributed by atoms with Crippen LogP contribution in [-0.4, -0.2) is 57.8 Å². The number of halogens is 2. The van der Waals surface area contributed by atoms with Gasteiger partial charge in [0, 0.05) is 11.8 Å². The molecule has 2 fully saturated rings. The van der Waals surface area contributed by atoms with Crippen molar-refractivity contribution in [2.75, 3.05) is 13.2 Å². The molecule has 1 amide bonds. The van der Waals surface area contributed by atoms with E-state index in [1.165, 1.54) is 12.2 Å². The number of esters is 1. The number of nitrogens with one attached hydrogen (secondary N) is 1. The monoisotopic (exact) mass is 497 g/mol. The largest absolute Gasteiger partial charge is 0.479 e. The van der Waals surface area contributed by atoms with Gasteiger partial charge in [-0.25, -0.2) is 18.8 Å². The van der Waals surface area contributed by atoms with Gasteiger partial charge in [-0.1, -0.05) is 47.9 Å². The molecule has 0 radical (unpaired) electrons. The molecule has 0 aromatic heterocycles. The Labute approximate surface area is 169 Å². The maximum Gasteiger partial charge on any atom is 0.408 e. The maximum atomic E-state index is 15.4. The number of rotatable bonds is 9. The first-order valence-corrected chi connectivity index (χ1v) is 9.46. The van der Waals surface area contributed by atoms with Crippen LogP contribution < -0.4 is 5.32 Å². The second kappa shape index (κ2) is 8.13. The molecular formula is C17H21FINO7. The lowest BCUT2D eigenvalue weighted by Crippen LogP contribution is -2.65. The summed E-state index contributed by atoms with van der Waals surface area (Å²) in [5.41, 5.74) is -4.69. The Kier molecular flexibility index (Phi) is 6.51. The van der Waals surface area contributed by atoms with Crippen molar-refractivity contribution in [3.05, 3.63) is 25.3 Å². The van der Waals surface area contributed by atoms with E-state index in [0.29, 0.717) is 0 Å². The molecule has 27 heavy (non-hydrogen) atoms. The lowest BCUT2D eigenvalue weighted by atomic mass is 9.86. The van der Waals surface area contributed by atoms with Crippen LogP contribution in [0.15, 0.2) is 25.3 Å². The van der Waals surface area contributed by atoms with Gasteiger partial charge in [0.2, 0.25) is 5.67 Å². The molecule has 10 heteroatoms. The Balaban J connectivity index is 2.35. The predicted octanol–water partition coefficient (Wildman–Crippen LogP) is 1.98. The van der Waals surface area contributed by atoms with E-state index in [2.05, 4.69) is 18.5 Å². The second-order valence-corrected chi connectivity index (χ2v) is 8.08. The summed E-state index contributed by atoms with van der Waals surface area (Å²) in [7, 11) is 0. The number of hydrogen-bond donors (Lipinski definition) is 2. The van der Waals surface area contributed by atoms with Gasteiger partial charge in [-0.05, 0) is 13.3 Å². The van der Waals surface area contributed by atoms with E-state index in [0.717, 1.165) is 0 Å². The first kappa shape index (κ1) is 21.6. The lowest BCUT2D eigenvalue weighted by Gasteiger charge is -2.36. The van der Waals surface area contributed by atoms with Crippen molar-refractivity contribution in [1.82, 2.24) is 5.32 Å². The molecule has 2 saturated carbocycles. The molecule has 0 spiro atoms. The minimum absolute atomic E-state index is 0.0638. The number of alkyl carbamates (subject to hydrolysis) is 1. The SMILES string of the molecule is C=CCOC(=O)N[C@@]1(C(=O)O)[C@H](OC(C)I)C[C@@H]2[C@H]1[C@@]2(F)C(=O)OCC=C. The molecule has 0 saturated heterocycles. The molecule has 0 aliphatic heterocycles. The highest BCUT2D eigenvalue weighted by Crippen LogP contribution is 2.68. The first-order chi connectivity index (χ1) is 12.7. The Morgan fingerprint density at radius 1 is 1.33 bits per heavy atom. The molecule has 2 aliphatic rings. The topological polar surface area (TPSA) is 111 Å². The van der Waals surface area contributed by atoms with Crippen LogP contribution in [0.4, 0.5) is 9.18 Å². The van der Waals surface area contributed by atoms with Gasteiger partial charge >= 0.3 is 18.0 Å². The number of hydrogen-bond acceptors (Lipinski definition) is 6. The fourth-order valence-electron chi connectivity index (χ4n) is 3.73. The fourth-order valence-corrected chi connectivity index (χ4v) is 4.09. The summed E-state index contributed by atoms with van der Waals surface area (Å²) in [6.45, 7) is 8.08. The Morgan fingerprint density at radius 2 is 1.93 bits per heavy atom. The average Bonchev–Trinajstić information content (AvgIpc) is 3.04.